The van der Waals surface area contributed by atoms with Crippen molar-refractivity contribution in [2.75, 3.05) is 6.54 Å². The number of ether oxygens (including phenoxy) is 1. The number of aromatic carboxylic acids is 1. The maximum Gasteiger partial charge on any atom is 0.387 e. The maximum absolute atomic E-state index is 12.4. The summed E-state index contributed by atoms with van der Waals surface area (Å²) in [6, 6.07) is 12.8. The molecule has 26 heavy (non-hydrogen) atoms. The van der Waals surface area contributed by atoms with Gasteiger partial charge in [0.2, 0.25) is 5.91 Å². The fourth-order valence-corrected chi connectivity index (χ4v) is 2.42. The number of hydrogen-bond donors (Lipinski definition) is 2. The van der Waals surface area contributed by atoms with Crippen LogP contribution in [0.1, 0.15) is 27.9 Å². The molecule has 0 aliphatic rings. The van der Waals surface area contributed by atoms with E-state index in [9.17, 15) is 18.4 Å². The van der Waals surface area contributed by atoms with Gasteiger partial charge in [0.15, 0.2) is 0 Å². The number of amides is 1. The number of halogens is 2. The van der Waals surface area contributed by atoms with Gasteiger partial charge in [-0.3, -0.25) is 4.79 Å². The summed E-state index contributed by atoms with van der Waals surface area (Å²) in [5.74, 6) is -1.06. The zero-order valence-electron chi connectivity index (χ0n) is 14.0. The van der Waals surface area contributed by atoms with Crippen LogP contribution in [-0.2, 0) is 17.6 Å². The monoisotopic (exact) mass is 363 g/mol. The lowest BCUT2D eigenvalue weighted by molar-refractivity contribution is -0.121. The lowest BCUT2D eigenvalue weighted by Crippen LogP contribution is -2.26. The first-order valence-corrected chi connectivity index (χ1v) is 8.07. The molecule has 0 spiro atoms. The van der Waals surface area contributed by atoms with Crippen LogP contribution in [0.15, 0.2) is 48.5 Å². The average Bonchev–Trinajstić information content (AvgIpc) is 2.61. The Morgan fingerprint density at radius 2 is 1.73 bits per heavy atom. The summed E-state index contributed by atoms with van der Waals surface area (Å²) in [4.78, 5) is 22.7. The van der Waals surface area contributed by atoms with Crippen LogP contribution in [0, 0.1) is 0 Å². The molecule has 0 fully saturated rings. The number of para-hydroxylation sites is 1. The number of nitrogens with one attached hydrogen (secondary N) is 1. The molecular formula is C19H19F2NO4. The highest BCUT2D eigenvalue weighted by molar-refractivity contribution is 5.87. The van der Waals surface area contributed by atoms with Gasteiger partial charge in [0.25, 0.3) is 0 Å². The van der Waals surface area contributed by atoms with E-state index < -0.39 is 12.6 Å². The van der Waals surface area contributed by atoms with Crippen LogP contribution in [0.25, 0.3) is 0 Å². The topological polar surface area (TPSA) is 75.6 Å². The van der Waals surface area contributed by atoms with E-state index in [0.717, 1.165) is 5.56 Å². The van der Waals surface area contributed by atoms with Crippen molar-refractivity contribution in [1.29, 1.82) is 0 Å². The van der Waals surface area contributed by atoms with E-state index in [1.165, 1.54) is 18.2 Å². The predicted octanol–water partition coefficient (Wildman–Crippen LogP) is 3.28. The minimum Gasteiger partial charge on any atom is -0.478 e. The van der Waals surface area contributed by atoms with Crippen LogP contribution in [0.5, 0.6) is 5.75 Å². The molecule has 0 radical (unpaired) electrons. The normalized spacial score (nSPS) is 10.6. The molecule has 138 valence electrons. The number of carbonyl (C=O) groups excluding carboxylic acids is 1. The third-order valence-electron chi connectivity index (χ3n) is 3.75. The number of benzene rings is 2. The van der Waals surface area contributed by atoms with Crippen molar-refractivity contribution in [2.24, 2.45) is 0 Å². The first kappa shape index (κ1) is 19.4. The third-order valence-corrected chi connectivity index (χ3v) is 3.75. The van der Waals surface area contributed by atoms with Gasteiger partial charge < -0.3 is 15.2 Å². The highest BCUT2D eigenvalue weighted by Crippen LogP contribution is 2.20. The van der Waals surface area contributed by atoms with Crippen LogP contribution in [0.2, 0.25) is 0 Å². The van der Waals surface area contributed by atoms with Crippen molar-refractivity contribution in [3.8, 4) is 5.75 Å². The number of alkyl halides is 2. The molecule has 2 N–H and O–H groups in total. The molecule has 0 saturated heterocycles. The summed E-state index contributed by atoms with van der Waals surface area (Å²) in [6.45, 7) is -2.58. The standard InChI is InChI=1S/C19H19F2NO4/c20-19(21)26-16-4-2-1-3-14(16)11-12-22-17(23)10-7-13-5-8-15(9-6-13)18(24)25/h1-6,8-9,19H,7,10-12H2,(H,22,23)(H,24,25). The van der Waals surface area contributed by atoms with Crippen LogP contribution in [-0.4, -0.2) is 30.1 Å². The van der Waals surface area contributed by atoms with Gasteiger partial charge in [-0.1, -0.05) is 30.3 Å². The zero-order valence-corrected chi connectivity index (χ0v) is 14.0. The van der Waals surface area contributed by atoms with E-state index >= 15 is 0 Å². The Morgan fingerprint density at radius 1 is 1.04 bits per heavy atom. The van der Waals surface area contributed by atoms with Gasteiger partial charge in [0.1, 0.15) is 5.75 Å². The van der Waals surface area contributed by atoms with Gasteiger partial charge in [-0.2, -0.15) is 8.78 Å². The van der Waals surface area contributed by atoms with Crippen LogP contribution in [0.3, 0.4) is 0 Å². The van der Waals surface area contributed by atoms with Gasteiger partial charge >= 0.3 is 12.6 Å². The molecule has 7 heteroatoms. The molecule has 0 bridgehead atoms. The van der Waals surface area contributed by atoms with E-state index in [0.29, 0.717) is 24.9 Å². The Labute approximate surface area is 149 Å². The Hall–Kier alpha value is -2.96. The molecule has 0 aliphatic carbocycles. The third kappa shape index (κ3) is 6.16. The highest BCUT2D eigenvalue weighted by atomic mass is 19.3. The van der Waals surface area contributed by atoms with E-state index in [1.54, 1.807) is 30.3 Å². The molecule has 2 aromatic rings. The SMILES string of the molecule is O=C(CCc1ccc(C(=O)O)cc1)NCCc1ccccc1OC(F)F. The number of carbonyl (C=O) groups is 2. The van der Waals surface area contributed by atoms with E-state index in [1.807, 2.05) is 0 Å². The first-order valence-electron chi connectivity index (χ1n) is 8.07. The molecule has 0 heterocycles. The molecule has 0 aromatic heterocycles. The lowest BCUT2D eigenvalue weighted by Gasteiger charge is -2.11. The Kier molecular flexibility index (Phi) is 7.08. The number of aryl methyl sites for hydroxylation is 1. The van der Waals surface area contributed by atoms with E-state index in [4.69, 9.17) is 5.11 Å². The zero-order chi connectivity index (χ0) is 18.9. The van der Waals surface area contributed by atoms with E-state index in [2.05, 4.69) is 10.1 Å². The second kappa shape index (κ2) is 9.50. The molecule has 2 rings (SSSR count). The second-order valence-corrected chi connectivity index (χ2v) is 5.59. The molecule has 2 aromatic carbocycles. The molecule has 0 aliphatic heterocycles. The number of hydrogen-bond acceptors (Lipinski definition) is 3. The van der Waals surface area contributed by atoms with Crippen molar-refractivity contribution < 1.29 is 28.2 Å². The summed E-state index contributed by atoms with van der Waals surface area (Å²) in [6.07, 6.45) is 1.11. The summed E-state index contributed by atoms with van der Waals surface area (Å²) < 4.78 is 29.2. The minimum atomic E-state index is -2.89. The maximum atomic E-state index is 12.4. The first-order chi connectivity index (χ1) is 12.5. The average molecular weight is 363 g/mol. The molecule has 5 nitrogen and oxygen atoms in total. The Morgan fingerprint density at radius 3 is 2.38 bits per heavy atom. The number of carboxylic acid groups (broad SMARTS) is 1. The summed E-state index contributed by atoms with van der Waals surface area (Å²) in [7, 11) is 0. The van der Waals surface area contributed by atoms with Crippen molar-refractivity contribution in [3.63, 3.8) is 0 Å². The van der Waals surface area contributed by atoms with E-state index in [-0.39, 0.29) is 23.6 Å². The highest BCUT2D eigenvalue weighted by Gasteiger charge is 2.09. The molecule has 1 amide bonds. The van der Waals surface area contributed by atoms with Gasteiger partial charge in [0.05, 0.1) is 5.56 Å². The Balaban J connectivity index is 1.76. The predicted molar refractivity (Wildman–Crippen MR) is 91.5 cm³/mol. The summed E-state index contributed by atoms with van der Waals surface area (Å²) in [5.41, 5.74) is 1.65. The number of carboxylic acids is 1. The molecule has 0 saturated carbocycles. The van der Waals surface area contributed by atoms with Gasteiger partial charge in [-0.25, -0.2) is 4.79 Å². The fraction of sp³-hybridized carbons (Fsp3) is 0.263. The molecule has 0 atom stereocenters. The van der Waals surface area contributed by atoms with Gasteiger partial charge in [-0.05, 0) is 42.2 Å². The van der Waals surface area contributed by atoms with Gasteiger partial charge in [-0.15, -0.1) is 0 Å². The van der Waals surface area contributed by atoms with Crippen LogP contribution < -0.4 is 10.1 Å². The van der Waals surface area contributed by atoms with Crippen molar-refractivity contribution >= 4 is 11.9 Å². The number of rotatable bonds is 9. The minimum absolute atomic E-state index is 0.107. The summed E-state index contributed by atoms with van der Waals surface area (Å²) in [5, 5.41) is 11.6. The van der Waals surface area contributed by atoms with Crippen molar-refractivity contribution in [2.45, 2.75) is 25.9 Å². The molecule has 0 unspecified atom stereocenters. The Bertz CT molecular complexity index is 747. The largest absolute Gasteiger partial charge is 0.478 e. The van der Waals surface area contributed by atoms with Gasteiger partial charge in [0, 0.05) is 13.0 Å². The van der Waals surface area contributed by atoms with Crippen LogP contribution >= 0.6 is 0 Å². The fourth-order valence-electron chi connectivity index (χ4n) is 2.42. The molecular weight excluding hydrogens is 344 g/mol. The quantitative estimate of drug-likeness (QED) is 0.717. The lowest BCUT2D eigenvalue weighted by atomic mass is 10.1. The summed E-state index contributed by atoms with van der Waals surface area (Å²) >= 11 is 0. The van der Waals surface area contributed by atoms with Crippen molar-refractivity contribution in [3.05, 3.63) is 65.2 Å². The van der Waals surface area contributed by atoms with Crippen LogP contribution in [0.4, 0.5) is 8.78 Å². The second-order valence-electron chi connectivity index (χ2n) is 5.59. The van der Waals surface area contributed by atoms with Crippen molar-refractivity contribution in [1.82, 2.24) is 5.32 Å². The smallest absolute Gasteiger partial charge is 0.387 e.